The Morgan fingerprint density at radius 3 is 2.48 bits per heavy atom. The molecule has 0 fully saturated rings. The zero-order valence-corrected chi connectivity index (χ0v) is 11.7. The first-order valence-corrected chi connectivity index (χ1v) is 7.51. The van der Waals surface area contributed by atoms with Gasteiger partial charge in [0.2, 0.25) is 0 Å². The fourth-order valence-corrected chi connectivity index (χ4v) is 2.47. The van der Waals surface area contributed by atoms with Crippen LogP contribution in [-0.2, 0) is 16.2 Å². The summed E-state index contributed by atoms with van der Waals surface area (Å²) < 4.78 is 61.9. The van der Waals surface area contributed by atoms with Crippen LogP contribution < -0.4 is 5.73 Å². The third kappa shape index (κ3) is 3.02. The Morgan fingerprint density at radius 1 is 1.29 bits per heavy atom. The van der Waals surface area contributed by atoms with Gasteiger partial charge in [-0.15, -0.1) is 0 Å². The van der Waals surface area contributed by atoms with E-state index in [1.807, 2.05) is 0 Å². The highest BCUT2D eigenvalue weighted by Crippen LogP contribution is 2.35. The summed E-state index contributed by atoms with van der Waals surface area (Å²) in [4.78, 5) is 0. The van der Waals surface area contributed by atoms with Crippen molar-refractivity contribution in [3.8, 4) is 11.1 Å². The van der Waals surface area contributed by atoms with Gasteiger partial charge in [0.05, 0.1) is 23.7 Å². The molecule has 0 bridgehead atoms. The summed E-state index contributed by atoms with van der Waals surface area (Å²) in [5, 5.41) is 3.70. The lowest BCUT2D eigenvalue weighted by Gasteiger charge is -2.10. The van der Waals surface area contributed by atoms with Gasteiger partial charge in [-0.2, -0.15) is 22.4 Å². The number of hydrogen-bond donors (Lipinski definition) is 1. The van der Waals surface area contributed by atoms with Gasteiger partial charge in [0, 0.05) is 11.3 Å². The normalized spacial score (nSPS) is 12.6. The number of nitrogen functional groups attached to an aromatic ring is 1. The molecular formula is C12H12F3N3O2S. The predicted molar refractivity (Wildman–Crippen MR) is 71.9 cm³/mol. The number of rotatable bonds is 3. The van der Waals surface area contributed by atoms with Gasteiger partial charge in [0.1, 0.15) is 0 Å². The first kappa shape index (κ1) is 15.4. The van der Waals surface area contributed by atoms with E-state index in [2.05, 4.69) is 5.10 Å². The average Bonchev–Trinajstić information content (AvgIpc) is 2.87. The molecule has 2 N–H and O–H groups in total. The largest absolute Gasteiger partial charge is 0.418 e. The highest BCUT2D eigenvalue weighted by atomic mass is 32.2. The van der Waals surface area contributed by atoms with E-state index in [-0.39, 0.29) is 5.75 Å². The summed E-state index contributed by atoms with van der Waals surface area (Å²) in [5.74, 6) is -0.136. The molecule has 114 valence electrons. The van der Waals surface area contributed by atoms with Crippen molar-refractivity contribution in [3.05, 3.63) is 36.2 Å². The highest BCUT2D eigenvalue weighted by Gasteiger charge is 2.32. The predicted octanol–water partition coefficient (Wildman–Crippen LogP) is 2.35. The Labute approximate surface area is 119 Å². The van der Waals surface area contributed by atoms with Crippen molar-refractivity contribution in [2.24, 2.45) is 0 Å². The molecule has 2 rings (SSSR count). The molecule has 0 amide bonds. The Balaban J connectivity index is 2.43. The van der Waals surface area contributed by atoms with Gasteiger partial charge in [-0.05, 0) is 24.6 Å². The summed E-state index contributed by atoms with van der Waals surface area (Å²) in [7, 11) is -3.53. The van der Waals surface area contributed by atoms with E-state index in [1.165, 1.54) is 25.4 Å². The summed E-state index contributed by atoms with van der Waals surface area (Å²) in [6, 6.07) is 3.22. The molecule has 1 aromatic carbocycles. The van der Waals surface area contributed by atoms with E-state index >= 15 is 0 Å². The average molecular weight is 319 g/mol. The number of nitrogens with zero attached hydrogens (tertiary/aromatic N) is 2. The van der Waals surface area contributed by atoms with Crippen molar-refractivity contribution in [3.63, 3.8) is 0 Å². The summed E-state index contributed by atoms with van der Waals surface area (Å²) >= 11 is 0. The molecule has 5 nitrogen and oxygen atoms in total. The summed E-state index contributed by atoms with van der Waals surface area (Å²) in [6.07, 6.45) is -2.03. The molecule has 9 heteroatoms. The highest BCUT2D eigenvalue weighted by molar-refractivity contribution is 7.89. The minimum absolute atomic E-state index is 0.136. The lowest BCUT2D eigenvalue weighted by Crippen LogP contribution is -2.14. The molecule has 0 aliphatic heterocycles. The van der Waals surface area contributed by atoms with Crippen LogP contribution in [0, 0.1) is 0 Å². The smallest absolute Gasteiger partial charge is 0.398 e. The van der Waals surface area contributed by atoms with Crippen LogP contribution in [0.2, 0.25) is 0 Å². The number of hydrogen-bond acceptors (Lipinski definition) is 4. The maximum atomic E-state index is 12.6. The Hall–Kier alpha value is -2.03. The molecule has 0 aliphatic carbocycles. The second-order valence-corrected chi connectivity index (χ2v) is 6.42. The minimum Gasteiger partial charge on any atom is -0.398 e. The van der Waals surface area contributed by atoms with Gasteiger partial charge in [-0.25, -0.2) is 8.42 Å². The van der Waals surface area contributed by atoms with E-state index in [1.54, 1.807) is 0 Å². The lowest BCUT2D eigenvalue weighted by atomic mass is 10.1. The third-order valence-electron chi connectivity index (χ3n) is 2.90. The SMILES string of the molecule is CCS(=O)(=O)n1cc(-c2ccc(C(F)(F)F)c(N)c2)cn1. The molecule has 1 aromatic heterocycles. The number of halogens is 3. The summed E-state index contributed by atoms with van der Waals surface area (Å²) in [6.45, 7) is 1.47. The molecule has 1 heterocycles. The molecule has 0 saturated carbocycles. The standard InChI is InChI=1S/C12H12F3N3O2S/c1-2-21(19,20)18-7-9(6-17-18)8-3-4-10(11(16)5-8)12(13,14)15/h3-7H,2,16H2,1H3. The third-order valence-corrected chi connectivity index (χ3v) is 4.40. The molecule has 0 spiro atoms. The van der Waals surface area contributed by atoms with Crippen LogP contribution in [0.3, 0.4) is 0 Å². The van der Waals surface area contributed by atoms with E-state index in [4.69, 9.17) is 5.73 Å². The van der Waals surface area contributed by atoms with Crippen molar-refractivity contribution >= 4 is 15.7 Å². The Kier molecular flexibility index (Phi) is 3.70. The number of aromatic nitrogens is 2. The van der Waals surface area contributed by atoms with Gasteiger partial charge in [0.15, 0.2) is 0 Å². The van der Waals surface area contributed by atoms with E-state index in [0.717, 1.165) is 16.2 Å². The molecule has 0 atom stereocenters. The second-order valence-electron chi connectivity index (χ2n) is 4.30. The van der Waals surface area contributed by atoms with Gasteiger partial charge >= 0.3 is 6.18 Å². The minimum atomic E-state index is -4.53. The van der Waals surface area contributed by atoms with Crippen LogP contribution in [0.25, 0.3) is 11.1 Å². The van der Waals surface area contributed by atoms with Crippen LogP contribution in [0.15, 0.2) is 30.6 Å². The van der Waals surface area contributed by atoms with Gasteiger partial charge < -0.3 is 5.73 Å². The first-order valence-electron chi connectivity index (χ1n) is 5.90. The van der Waals surface area contributed by atoms with Crippen molar-refractivity contribution in [1.29, 1.82) is 0 Å². The second kappa shape index (κ2) is 5.06. The topological polar surface area (TPSA) is 78.0 Å². The van der Waals surface area contributed by atoms with Crippen LogP contribution in [0.1, 0.15) is 12.5 Å². The quantitative estimate of drug-likeness (QED) is 0.881. The van der Waals surface area contributed by atoms with E-state index < -0.39 is 27.5 Å². The van der Waals surface area contributed by atoms with Crippen molar-refractivity contribution < 1.29 is 21.6 Å². The Morgan fingerprint density at radius 2 is 1.95 bits per heavy atom. The van der Waals surface area contributed by atoms with Crippen molar-refractivity contribution in [1.82, 2.24) is 9.19 Å². The molecule has 21 heavy (non-hydrogen) atoms. The summed E-state index contributed by atoms with van der Waals surface area (Å²) in [5.41, 5.74) is 4.77. The molecule has 2 aromatic rings. The van der Waals surface area contributed by atoms with Crippen LogP contribution in [0.4, 0.5) is 18.9 Å². The maximum Gasteiger partial charge on any atom is 0.418 e. The first-order chi connectivity index (χ1) is 9.65. The molecule has 0 unspecified atom stereocenters. The number of alkyl halides is 3. The zero-order valence-electron chi connectivity index (χ0n) is 10.9. The lowest BCUT2D eigenvalue weighted by molar-refractivity contribution is -0.136. The molecule has 0 radical (unpaired) electrons. The molecule has 0 saturated heterocycles. The number of nitrogens with two attached hydrogens (primary N) is 1. The van der Waals surface area contributed by atoms with E-state index in [9.17, 15) is 21.6 Å². The van der Waals surface area contributed by atoms with E-state index in [0.29, 0.717) is 11.1 Å². The maximum absolute atomic E-state index is 12.6. The van der Waals surface area contributed by atoms with Crippen molar-refractivity contribution in [2.45, 2.75) is 13.1 Å². The molecular weight excluding hydrogens is 307 g/mol. The monoisotopic (exact) mass is 319 g/mol. The van der Waals surface area contributed by atoms with Crippen LogP contribution in [-0.4, -0.2) is 23.4 Å². The van der Waals surface area contributed by atoms with Crippen LogP contribution in [0.5, 0.6) is 0 Å². The van der Waals surface area contributed by atoms with Gasteiger partial charge in [0.25, 0.3) is 10.0 Å². The van der Waals surface area contributed by atoms with Gasteiger partial charge in [-0.1, -0.05) is 6.07 Å². The van der Waals surface area contributed by atoms with Gasteiger partial charge in [-0.3, -0.25) is 0 Å². The van der Waals surface area contributed by atoms with Crippen molar-refractivity contribution in [2.75, 3.05) is 11.5 Å². The molecule has 0 aliphatic rings. The van der Waals surface area contributed by atoms with Crippen LogP contribution >= 0.6 is 0 Å². The fraction of sp³-hybridized carbons (Fsp3) is 0.250. The fourth-order valence-electron chi connectivity index (χ4n) is 1.74. The Bertz CT molecular complexity index is 766. The number of benzene rings is 1. The zero-order chi connectivity index (χ0) is 15.8. The number of anilines is 1.